The first-order valence-corrected chi connectivity index (χ1v) is 6.62. The molecule has 1 heterocycles. The summed E-state index contributed by atoms with van der Waals surface area (Å²) in [5.74, 6) is -0.130. The van der Waals surface area contributed by atoms with Crippen molar-refractivity contribution in [2.75, 3.05) is 20.3 Å². The highest BCUT2D eigenvalue weighted by molar-refractivity contribution is 5.96. The van der Waals surface area contributed by atoms with Gasteiger partial charge in [-0.05, 0) is 25.8 Å². The predicted molar refractivity (Wildman–Crippen MR) is 71.5 cm³/mol. The third-order valence-electron chi connectivity index (χ3n) is 3.05. The molecule has 6 nitrogen and oxygen atoms in total. The van der Waals surface area contributed by atoms with E-state index in [1.54, 1.807) is 24.0 Å². The largest absolute Gasteiger partial charge is 0.481 e. The highest BCUT2D eigenvalue weighted by Crippen LogP contribution is 2.28. The molecule has 1 aromatic heterocycles. The molecule has 0 spiro atoms. The van der Waals surface area contributed by atoms with Crippen molar-refractivity contribution < 1.29 is 19.1 Å². The molecule has 0 bridgehead atoms. The van der Waals surface area contributed by atoms with Gasteiger partial charge in [0.05, 0.1) is 19.3 Å². The van der Waals surface area contributed by atoms with Gasteiger partial charge in [0.2, 0.25) is 5.88 Å². The summed E-state index contributed by atoms with van der Waals surface area (Å²) in [7, 11) is 1.51. The number of hydrogen-bond acceptors (Lipinski definition) is 5. The van der Waals surface area contributed by atoms with Crippen molar-refractivity contribution in [1.29, 1.82) is 0 Å². The number of methoxy groups -OCH3 is 1. The molecule has 108 valence electrons. The van der Waals surface area contributed by atoms with E-state index < -0.39 is 0 Å². The molecule has 0 N–H and O–H groups in total. The number of nitrogens with zero attached hydrogens (tertiary/aromatic N) is 2. The van der Waals surface area contributed by atoms with E-state index in [1.807, 2.05) is 0 Å². The molecule has 0 radical (unpaired) electrons. The number of esters is 1. The fraction of sp³-hybridized carbons (Fsp3) is 0.500. The first-order chi connectivity index (χ1) is 9.65. The lowest BCUT2D eigenvalue weighted by molar-refractivity contribution is -0.144. The van der Waals surface area contributed by atoms with E-state index in [2.05, 4.69) is 4.98 Å². The van der Waals surface area contributed by atoms with Gasteiger partial charge in [-0.3, -0.25) is 9.59 Å². The number of hydrogen-bond donors (Lipinski definition) is 0. The van der Waals surface area contributed by atoms with Crippen molar-refractivity contribution >= 4 is 11.9 Å². The molecule has 1 amide bonds. The van der Waals surface area contributed by atoms with Crippen molar-refractivity contribution in [3.63, 3.8) is 0 Å². The molecule has 1 saturated carbocycles. The van der Waals surface area contributed by atoms with Gasteiger partial charge in [-0.2, -0.15) is 0 Å². The highest BCUT2D eigenvalue weighted by atomic mass is 16.5. The normalized spacial score (nSPS) is 13.7. The molecular weight excluding hydrogens is 260 g/mol. The summed E-state index contributed by atoms with van der Waals surface area (Å²) in [6, 6.07) is 3.41. The predicted octanol–water partition coefficient (Wildman–Crippen LogP) is 1.26. The molecule has 2 rings (SSSR count). The van der Waals surface area contributed by atoms with Crippen LogP contribution < -0.4 is 4.74 Å². The minimum absolute atomic E-state index is 0.0105. The molecule has 0 atom stereocenters. The molecule has 0 saturated heterocycles. The molecule has 0 unspecified atom stereocenters. The van der Waals surface area contributed by atoms with E-state index in [-0.39, 0.29) is 24.5 Å². The van der Waals surface area contributed by atoms with Crippen LogP contribution in [0.4, 0.5) is 0 Å². The standard InChI is InChI=1S/C14H18N2O4/c1-3-20-13(17)9-16(11-5-6-11)14(18)10-4-7-12(19-2)15-8-10/h4,7-8,11H,3,5-6,9H2,1-2H3. The summed E-state index contributed by atoms with van der Waals surface area (Å²) in [6.07, 6.45) is 3.31. The van der Waals surface area contributed by atoms with Crippen molar-refractivity contribution in [2.45, 2.75) is 25.8 Å². The smallest absolute Gasteiger partial charge is 0.325 e. The van der Waals surface area contributed by atoms with Gasteiger partial charge in [0.25, 0.3) is 5.91 Å². The zero-order valence-corrected chi connectivity index (χ0v) is 11.7. The van der Waals surface area contributed by atoms with E-state index >= 15 is 0 Å². The van der Waals surface area contributed by atoms with Crippen LogP contribution in [0.1, 0.15) is 30.1 Å². The monoisotopic (exact) mass is 278 g/mol. The molecule has 1 fully saturated rings. The van der Waals surface area contributed by atoms with Crippen LogP contribution in [0.5, 0.6) is 5.88 Å². The molecule has 20 heavy (non-hydrogen) atoms. The summed E-state index contributed by atoms with van der Waals surface area (Å²) in [6.45, 7) is 2.05. The third-order valence-corrected chi connectivity index (χ3v) is 3.05. The Morgan fingerprint density at radius 1 is 1.40 bits per heavy atom. The minimum Gasteiger partial charge on any atom is -0.481 e. The number of carbonyl (C=O) groups is 2. The van der Waals surface area contributed by atoms with Crippen molar-refractivity contribution in [2.24, 2.45) is 0 Å². The van der Waals surface area contributed by atoms with Crippen LogP contribution in [0.15, 0.2) is 18.3 Å². The summed E-state index contributed by atoms with van der Waals surface area (Å²) in [5, 5.41) is 0. The van der Waals surface area contributed by atoms with E-state index in [0.29, 0.717) is 18.1 Å². The average molecular weight is 278 g/mol. The van der Waals surface area contributed by atoms with Crippen molar-refractivity contribution in [3.05, 3.63) is 23.9 Å². The number of carbonyl (C=O) groups excluding carboxylic acids is 2. The maximum atomic E-state index is 12.4. The fourth-order valence-corrected chi connectivity index (χ4v) is 1.89. The Hall–Kier alpha value is -2.11. The van der Waals surface area contributed by atoms with Gasteiger partial charge >= 0.3 is 5.97 Å². The molecule has 0 aliphatic heterocycles. The lowest BCUT2D eigenvalue weighted by Crippen LogP contribution is -2.38. The van der Waals surface area contributed by atoms with Gasteiger partial charge in [0.15, 0.2) is 0 Å². The highest BCUT2D eigenvalue weighted by Gasteiger charge is 2.34. The second-order valence-corrected chi connectivity index (χ2v) is 4.56. The summed E-state index contributed by atoms with van der Waals surface area (Å²) >= 11 is 0. The summed E-state index contributed by atoms with van der Waals surface area (Å²) in [4.78, 5) is 29.5. The third kappa shape index (κ3) is 3.46. The Kier molecular flexibility index (Phi) is 4.55. The molecule has 1 aromatic rings. The summed E-state index contributed by atoms with van der Waals surface area (Å²) < 4.78 is 9.86. The second-order valence-electron chi connectivity index (χ2n) is 4.56. The van der Waals surface area contributed by atoms with Gasteiger partial charge < -0.3 is 14.4 Å². The van der Waals surface area contributed by atoms with Crippen LogP contribution in [0.2, 0.25) is 0 Å². The molecular formula is C14H18N2O4. The minimum atomic E-state index is -0.380. The number of pyridine rings is 1. The second kappa shape index (κ2) is 6.36. The van der Waals surface area contributed by atoms with Gasteiger partial charge in [-0.25, -0.2) is 4.98 Å². The maximum Gasteiger partial charge on any atom is 0.325 e. The van der Waals surface area contributed by atoms with Crippen LogP contribution >= 0.6 is 0 Å². The lowest BCUT2D eigenvalue weighted by Gasteiger charge is -2.21. The summed E-state index contributed by atoms with van der Waals surface area (Å²) in [5.41, 5.74) is 0.446. The van der Waals surface area contributed by atoms with Gasteiger partial charge in [0, 0.05) is 18.3 Å². The van der Waals surface area contributed by atoms with Gasteiger partial charge in [0.1, 0.15) is 6.54 Å². The Morgan fingerprint density at radius 2 is 2.15 bits per heavy atom. The quantitative estimate of drug-likeness (QED) is 0.733. The fourth-order valence-electron chi connectivity index (χ4n) is 1.89. The Bertz CT molecular complexity index is 482. The van der Waals surface area contributed by atoms with Crippen LogP contribution in [0.3, 0.4) is 0 Å². The van der Waals surface area contributed by atoms with E-state index in [0.717, 1.165) is 12.8 Å². The van der Waals surface area contributed by atoms with Crippen LogP contribution in [0.25, 0.3) is 0 Å². The number of ether oxygens (including phenoxy) is 2. The van der Waals surface area contributed by atoms with Crippen molar-refractivity contribution in [3.8, 4) is 5.88 Å². The van der Waals surface area contributed by atoms with Gasteiger partial charge in [-0.15, -0.1) is 0 Å². The Morgan fingerprint density at radius 3 is 2.65 bits per heavy atom. The lowest BCUT2D eigenvalue weighted by atomic mass is 10.2. The molecule has 1 aliphatic rings. The zero-order valence-electron chi connectivity index (χ0n) is 11.7. The Balaban J connectivity index is 2.07. The number of aromatic nitrogens is 1. The van der Waals surface area contributed by atoms with Crippen LogP contribution in [0, 0.1) is 0 Å². The first-order valence-electron chi connectivity index (χ1n) is 6.62. The molecule has 6 heteroatoms. The van der Waals surface area contributed by atoms with E-state index in [1.165, 1.54) is 13.3 Å². The molecule has 1 aliphatic carbocycles. The van der Waals surface area contributed by atoms with E-state index in [9.17, 15) is 9.59 Å². The maximum absolute atomic E-state index is 12.4. The van der Waals surface area contributed by atoms with E-state index in [4.69, 9.17) is 9.47 Å². The van der Waals surface area contributed by atoms with Crippen LogP contribution in [-0.2, 0) is 9.53 Å². The topological polar surface area (TPSA) is 68.7 Å². The first kappa shape index (κ1) is 14.3. The number of rotatable bonds is 6. The zero-order chi connectivity index (χ0) is 14.5. The Labute approximate surface area is 117 Å². The average Bonchev–Trinajstić information content (AvgIpc) is 3.29. The number of amides is 1. The molecule has 0 aromatic carbocycles. The van der Waals surface area contributed by atoms with Crippen molar-refractivity contribution in [1.82, 2.24) is 9.88 Å². The van der Waals surface area contributed by atoms with Gasteiger partial charge in [-0.1, -0.05) is 0 Å². The van der Waals surface area contributed by atoms with Crippen LogP contribution in [-0.4, -0.2) is 48.1 Å². The SMILES string of the molecule is CCOC(=O)CN(C(=O)c1ccc(OC)nc1)C1CC1.